The largest absolute Gasteiger partial charge is 0.493 e. The summed E-state index contributed by atoms with van der Waals surface area (Å²) in [6.45, 7) is -0.207. The number of aryl methyl sites for hydroxylation is 1. The van der Waals surface area contributed by atoms with E-state index in [1.807, 2.05) is 29.8 Å². The van der Waals surface area contributed by atoms with E-state index in [0.717, 1.165) is 20.6 Å². The number of nitrogens with two attached hydrogens (primary N) is 1. The normalized spacial score (nSPS) is 12.0. The third-order valence-corrected chi connectivity index (χ3v) is 4.73. The Bertz CT molecular complexity index is 1040. The van der Waals surface area contributed by atoms with Crippen LogP contribution in [0.15, 0.2) is 52.7 Å². The second-order valence-electron chi connectivity index (χ2n) is 5.42. The molecule has 0 aliphatic heterocycles. The smallest absolute Gasteiger partial charge is 0.255 e. The fraction of sp³-hybridized carbons (Fsp3) is 0.167. The van der Waals surface area contributed by atoms with Crippen molar-refractivity contribution in [2.45, 2.75) is 0 Å². The van der Waals surface area contributed by atoms with E-state index in [0.29, 0.717) is 11.5 Å². The number of methoxy groups -OCH3 is 1. The summed E-state index contributed by atoms with van der Waals surface area (Å²) in [5.74, 6) is 0.381. The van der Waals surface area contributed by atoms with E-state index in [1.54, 1.807) is 35.8 Å². The van der Waals surface area contributed by atoms with Crippen molar-refractivity contribution < 1.29 is 14.3 Å². The highest BCUT2D eigenvalue weighted by Gasteiger charge is 2.06. The van der Waals surface area contributed by atoms with Crippen molar-refractivity contribution in [2.24, 2.45) is 23.0 Å². The number of carbonyl (C=O) groups is 1. The lowest BCUT2D eigenvalue weighted by atomic mass is 10.2. The summed E-state index contributed by atoms with van der Waals surface area (Å²) in [4.78, 5) is 11.6. The van der Waals surface area contributed by atoms with Gasteiger partial charge in [0.15, 0.2) is 18.1 Å². The number of fused-ring (bicyclic) bond motifs is 1. The molecule has 1 heterocycles. The molecule has 8 heteroatoms. The second kappa shape index (κ2) is 7.83. The van der Waals surface area contributed by atoms with Crippen molar-refractivity contribution in [2.75, 3.05) is 13.7 Å². The lowest BCUT2D eigenvalue weighted by Crippen LogP contribution is -2.20. The van der Waals surface area contributed by atoms with E-state index in [9.17, 15) is 4.79 Å². The molecule has 1 aromatic heterocycles. The molecule has 0 spiro atoms. The fourth-order valence-electron chi connectivity index (χ4n) is 2.36. The van der Waals surface area contributed by atoms with Gasteiger partial charge in [-0.2, -0.15) is 5.10 Å². The van der Waals surface area contributed by atoms with Gasteiger partial charge in [0.05, 0.1) is 23.5 Å². The Morgan fingerprint density at radius 3 is 2.81 bits per heavy atom. The molecule has 26 heavy (non-hydrogen) atoms. The molecule has 0 aliphatic carbocycles. The maximum atomic E-state index is 10.8. The standard InChI is InChI=1S/C18H18N4O3S/c1-22-13-5-3-4-6-16(13)26-18(22)21-20-10-12-7-8-14(15(9-12)24-2)25-11-17(19)23/h3-10H,11H2,1-2H3,(H2,19,23). The molecular formula is C18H18N4O3S. The monoisotopic (exact) mass is 370 g/mol. The summed E-state index contributed by atoms with van der Waals surface area (Å²) in [5, 5.41) is 8.46. The first-order valence-electron chi connectivity index (χ1n) is 7.79. The minimum Gasteiger partial charge on any atom is -0.493 e. The number of nitrogens with zero attached hydrogens (tertiary/aromatic N) is 3. The number of hydrogen-bond acceptors (Lipinski definition) is 6. The van der Waals surface area contributed by atoms with Crippen molar-refractivity contribution in [3.8, 4) is 11.5 Å². The summed E-state index contributed by atoms with van der Waals surface area (Å²) < 4.78 is 13.7. The van der Waals surface area contributed by atoms with E-state index >= 15 is 0 Å². The van der Waals surface area contributed by atoms with Gasteiger partial charge in [0, 0.05) is 7.05 Å². The molecule has 0 saturated carbocycles. The number of benzene rings is 2. The van der Waals surface area contributed by atoms with E-state index in [-0.39, 0.29) is 6.61 Å². The van der Waals surface area contributed by atoms with Gasteiger partial charge in [-0.25, -0.2) is 0 Å². The predicted molar refractivity (Wildman–Crippen MR) is 102 cm³/mol. The van der Waals surface area contributed by atoms with Gasteiger partial charge in [0.2, 0.25) is 4.80 Å². The Labute approximate surface area is 154 Å². The topological polar surface area (TPSA) is 91.2 Å². The Morgan fingerprint density at radius 2 is 2.08 bits per heavy atom. The summed E-state index contributed by atoms with van der Waals surface area (Å²) in [6.07, 6.45) is 1.63. The van der Waals surface area contributed by atoms with Crippen molar-refractivity contribution in [3.05, 3.63) is 52.8 Å². The third-order valence-electron chi connectivity index (χ3n) is 3.62. The number of thiazole rings is 1. The Morgan fingerprint density at radius 1 is 1.27 bits per heavy atom. The molecular weight excluding hydrogens is 352 g/mol. The van der Waals surface area contributed by atoms with E-state index in [2.05, 4.69) is 16.3 Å². The molecule has 3 aromatic rings. The van der Waals surface area contributed by atoms with Gasteiger partial charge in [0.25, 0.3) is 5.91 Å². The number of aromatic nitrogens is 1. The summed E-state index contributed by atoms with van der Waals surface area (Å²) >= 11 is 1.57. The van der Waals surface area contributed by atoms with E-state index in [4.69, 9.17) is 15.2 Å². The lowest BCUT2D eigenvalue weighted by molar-refractivity contribution is -0.119. The van der Waals surface area contributed by atoms with Crippen LogP contribution in [-0.2, 0) is 11.8 Å². The summed E-state index contributed by atoms with van der Waals surface area (Å²) in [6, 6.07) is 13.3. The number of para-hydroxylation sites is 1. The zero-order valence-corrected chi connectivity index (χ0v) is 15.2. The Balaban J connectivity index is 1.83. The quantitative estimate of drug-likeness (QED) is 0.532. The van der Waals surface area contributed by atoms with Crippen LogP contribution in [0.25, 0.3) is 10.2 Å². The zero-order valence-electron chi connectivity index (χ0n) is 14.4. The molecule has 7 nitrogen and oxygen atoms in total. The molecule has 0 radical (unpaired) electrons. The van der Waals surface area contributed by atoms with Crippen LogP contribution in [0.4, 0.5) is 0 Å². The maximum Gasteiger partial charge on any atom is 0.255 e. The molecule has 0 aliphatic rings. The number of primary amides is 1. The fourth-order valence-corrected chi connectivity index (χ4v) is 3.33. The van der Waals surface area contributed by atoms with Gasteiger partial charge in [-0.3, -0.25) is 4.79 Å². The molecule has 0 unspecified atom stereocenters. The SMILES string of the molecule is COc1cc(C=NN=c2sc3ccccc3n2C)ccc1OCC(N)=O. The highest BCUT2D eigenvalue weighted by atomic mass is 32.1. The molecule has 3 rings (SSSR count). The molecule has 0 fully saturated rings. The van der Waals surface area contributed by atoms with Crippen molar-refractivity contribution in [3.63, 3.8) is 0 Å². The molecule has 1 amide bonds. The van der Waals surface area contributed by atoms with Gasteiger partial charge >= 0.3 is 0 Å². The Kier molecular flexibility index (Phi) is 5.33. The summed E-state index contributed by atoms with van der Waals surface area (Å²) in [7, 11) is 3.48. The first-order valence-corrected chi connectivity index (χ1v) is 8.61. The van der Waals surface area contributed by atoms with Gasteiger partial charge in [-0.15, -0.1) is 5.10 Å². The van der Waals surface area contributed by atoms with Crippen LogP contribution in [0, 0.1) is 0 Å². The van der Waals surface area contributed by atoms with Crippen molar-refractivity contribution in [1.82, 2.24) is 4.57 Å². The molecule has 0 atom stereocenters. The molecule has 2 aromatic carbocycles. The second-order valence-corrected chi connectivity index (χ2v) is 6.43. The Hall–Kier alpha value is -3.13. The highest BCUT2D eigenvalue weighted by molar-refractivity contribution is 7.16. The van der Waals surface area contributed by atoms with Gasteiger partial charge in [-0.05, 0) is 35.9 Å². The molecule has 0 bridgehead atoms. The average molecular weight is 370 g/mol. The summed E-state index contributed by atoms with van der Waals surface area (Å²) in [5.41, 5.74) is 6.99. The lowest BCUT2D eigenvalue weighted by Gasteiger charge is -2.09. The molecule has 0 saturated heterocycles. The molecule has 134 valence electrons. The number of ether oxygens (including phenoxy) is 2. The number of rotatable bonds is 6. The van der Waals surface area contributed by atoms with Gasteiger partial charge in [0.1, 0.15) is 0 Å². The van der Waals surface area contributed by atoms with Crippen LogP contribution >= 0.6 is 11.3 Å². The predicted octanol–water partition coefficient (Wildman–Crippen LogP) is 2.05. The van der Waals surface area contributed by atoms with Crippen LogP contribution in [0.2, 0.25) is 0 Å². The van der Waals surface area contributed by atoms with Crippen LogP contribution in [0.1, 0.15) is 5.56 Å². The zero-order chi connectivity index (χ0) is 18.5. The first kappa shape index (κ1) is 17.7. The maximum absolute atomic E-state index is 10.8. The van der Waals surface area contributed by atoms with Crippen LogP contribution in [0.3, 0.4) is 0 Å². The molecule has 2 N–H and O–H groups in total. The minimum atomic E-state index is -0.548. The van der Waals surface area contributed by atoms with Crippen LogP contribution < -0.4 is 20.0 Å². The van der Waals surface area contributed by atoms with E-state index < -0.39 is 5.91 Å². The van der Waals surface area contributed by atoms with Gasteiger partial charge in [-0.1, -0.05) is 23.5 Å². The number of amides is 1. The van der Waals surface area contributed by atoms with Crippen LogP contribution in [-0.4, -0.2) is 30.4 Å². The van der Waals surface area contributed by atoms with Gasteiger partial charge < -0.3 is 19.8 Å². The average Bonchev–Trinajstić information content (AvgIpc) is 2.96. The highest BCUT2D eigenvalue weighted by Crippen LogP contribution is 2.27. The number of hydrogen-bond donors (Lipinski definition) is 1. The third kappa shape index (κ3) is 3.92. The van der Waals surface area contributed by atoms with Crippen LogP contribution in [0.5, 0.6) is 11.5 Å². The van der Waals surface area contributed by atoms with Crippen molar-refractivity contribution >= 4 is 33.7 Å². The number of carbonyl (C=O) groups excluding carboxylic acids is 1. The first-order chi connectivity index (χ1) is 12.6. The minimum absolute atomic E-state index is 0.207. The van der Waals surface area contributed by atoms with Crippen molar-refractivity contribution in [1.29, 1.82) is 0 Å². The van der Waals surface area contributed by atoms with E-state index in [1.165, 1.54) is 7.11 Å².